The van der Waals surface area contributed by atoms with Gasteiger partial charge in [0.15, 0.2) is 0 Å². The first kappa shape index (κ1) is 23.2. The van der Waals surface area contributed by atoms with Gasteiger partial charge < -0.3 is 9.84 Å². The van der Waals surface area contributed by atoms with E-state index in [4.69, 9.17) is 4.52 Å². The normalized spacial score (nSPS) is 17.6. The van der Waals surface area contributed by atoms with Crippen molar-refractivity contribution in [2.45, 2.75) is 59.5 Å². The molecule has 1 aromatic heterocycles. The summed E-state index contributed by atoms with van der Waals surface area (Å²) in [6.07, 6.45) is 2.76. The maximum absolute atomic E-state index is 13.1. The van der Waals surface area contributed by atoms with E-state index in [1.165, 1.54) is 16.7 Å². The molecule has 3 aromatic rings. The Balaban J connectivity index is 1.37. The molecule has 0 aliphatic carbocycles. The fourth-order valence-corrected chi connectivity index (χ4v) is 4.52. The van der Waals surface area contributed by atoms with E-state index in [2.05, 4.69) is 65.4 Å². The monoisotopic (exact) mass is 446 g/mol. The Morgan fingerprint density at radius 2 is 2.03 bits per heavy atom. The summed E-state index contributed by atoms with van der Waals surface area (Å²) in [7, 11) is 0. The smallest absolute Gasteiger partial charge is 0.241 e. The number of carbonyl (C=O) groups is 1. The lowest BCUT2D eigenvalue weighted by molar-refractivity contribution is -0.127. The fraction of sp³-hybridized carbons (Fsp3) is 0.444. The van der Waals surface area contributed by atoms with Crippen LogP contribution in [0.1, 0.15) is 60.4 Å². The zero-order chi connectivity index (χ0) is 23.4. The van der Waals surface area contributed by atoms with Gasteiger partial charge in [-0.3, -0.25) is 9.69 Å². The third-order valence-corrected chi connectivity index (χ3v) is 6.64. The zero-order valence-electron chi connectivity index (χ0n) is 20.1. The minimum atomic E-state index is -0.0292. The second kappa shape index (κ2) is 10.3. The van der Waals surface area contributed by atoms with E-state index in [-0.39, 0.29) is 17.9 Å². The van der Waals surface area contributed by atoms with Gasteiger partial charge in [-0.05, 0) is 69.3 Å². The van der Waals surface area contributed by atoms with Gasteiger partial charge in [-0.15, -0.1) is 0 Å². The van der Waals surface area contributed by atoms with Crippen LogP contribution in [0.5, 0.6) is 0 Å². The summed E-state index contributed by atoms with van der Waals surface area (Å²) in [6.45, 7) is 10.6. The van der Waals surface area contributed by atoms with E-state index in [9.17, 15) is 4.79 Å². The average molecular weight is 447 g/mol. The summed E-state index contributed by atoms with van der Waals surface area (Å²) in [5, 5.41) is 7.45. The van der Waals surface area contributed by atoms with Gasteiger partial charge in [0.2, 0.25) is 17.6 Å². The largest absolute Gasteiger partial charge is 0.349 e. The number of likely N-dealkylation sites (tertiary alicyclic amines) is 1. The SMILES string of the molecule is CCC(NC(=O)C1CCCN(Cc2nc(-c3cccc(C)c3)no2)C1)c1ccc(C)c(C)c1. The fourth-order valence-electron chi connectivity index (χ4n) is 4.52. The number of benzene rings is 2. The molecule has 0 radical (unpaired) electrons. The topological polar surface area (TPSA) is 71.3 Å². The van der Waals surface area contributed by atoms with E-state index in [0.717, 1.165) is 36.9 Å². The molecule has 33 heavy (non-hydrogen) atoms. The number of hydrogen-bond acceptors (Lipinski definition) is 5. The molecule has 1 saturated heterocycles. The number of amides is 1. The Morgan fingerprint density at radius 1 is 1.18 bits per heavy atom. The van der Waals surface area contributed by atoms with Crippen LogP contribution in [0, 0.1) is 26.7 Å². The van der Waals surface area contributed by atoms with Gasteiger partial charge in [-0.1, -0.05) is 54.0 Å². The van der Waals surface area contributed by atoms with Crippen LogP contribution in [-0.2, 0) is 11.3 Å². The third kappa shape index (κ3) is 5.69. The lowest BCUT2D eigenvalue weighted by atomic mass is 9.95. The molecule has 2 atom stereocenters. The van der Waals surface area contributed by atoms with E-state index >= 15 is 0 Å². The average Bonchev–Trinajstić information content (AvgIpc) is 3.28. The van der Waals surface area contributed by atoms with Crippen LogP contribution < -0.4 is 5.32 Å². The van der Waals surface area contributed by atoms with Gasteiger partial charge in [-0.2, -0.15) is 4.98 Å². The van der Waals surface area contributed by atoms with E-state index in [0.29, 0.717) is 24.8 Å². The van der Waals surface area contributed by atoms with Crippen molar-refractivity contribution in [1.29, 1.82) is 0 Å². The molecule has 174 valence electrons. The third-order valence-electron chi connectivity index (χ3n) is 6.64. The second-order valence-electron chi connectivity index (χ2n) is 9.27. The van der Waals surface area contributed by atoms with Crippen LogP contribution in [0.15, 0.2) is 47.0 Å². The number of nitrogens with one attached hydrogen (secondary N) is 1. The molecular weight excluding hydrogens is 412 g/mol. The maximum atomic E-state index is 13.1. The standard InChI is InChI=1S/C27H34N4O2/c1-5-24(21-12-11-19(3)20(4)15-21)28-27(32)23-10-7-13-31(16-23)17-25-29-26(30-33-25)22-9-6-8-18(2)14-22/h6,8-9,11-12,14-15,23-24H,5,7,10,13,16-17H2,1-4H3,(H,28,32). The molecule has 4 rings (SSSR count). The molecule has 6 nitrogen and oxygen atoms in total. The number of aromatic nitrogens is 2. The van der Waals surface area contributed by atoms with Crippen molar-refractivity contribution in [2.75, 3.05) is 13.1 Å². The van der Waals surface area contributed by atoms with Crippen LogP contribution >= 0.6 is 0 Å². The van der Waals surface area contributed by atoms with Crippen LogP contribution in [0.4, 0.5) is 0 Å². The van der Waals surface area contributed by atoms with Crippen LogP contribution in [0.3, 0.4) is 0 Å². The molecule has 1 N–H and O–H groups in total. The molecule has 6 heteroatoms. The quantitative estimate of drug-likeness (QED) is 0.544. The lowest BCUT2D eigenvalue weighted by Gasteiger charge is -2.32. The van der Waals surface area contributed by atoms with Gasteiger partial charge in [-0.25, -0.2) is 0 Å². The van der Waals surface area contributed by atoms with Crippen molar-refractivity contribution < 1.29 is 9.32 Å². The minimum absolute atomic E-state index is 0.0292. The summed E-state index contributed by atoms with van der Waals surface area (Å²) in [6, 6.07) is 14.6. The highest BCUT2D eigenvalue weighted by atomic mass is 16.5. The molecule has 0 spiro atoms. The summed E-state index contributed by atoms with van der Waals surface area (Å²) in [5.74, 6) is 1.31. The summed E-state index contributed by atoms with van der Waals surface area (Å²) >= 11 is 0. The predicted octanol–water partition coefficient (Wildman–Crippen LogP) is 5.14. The van der Waals surface area contributed by atoms with E-state index in [1.54, 1.807) is 0 Å². The lowest BCUT2D eigenvalue weighted by Crippen LogP contribution is -2.43. The molecule has 1 fully saturated rings. The van der Waals surface area contributed by atoms with Crippen molar-refractivity contribution in [3.8, 4) is 11.4 Å². The van der Waals surface area contributed by atoms with E-state index < -0.39 is 0 Å². The van der Waals surface area contributed by atoms with Gasteiger partial charge >= 0.3 is 0 Å². The van der Waals surface area contributed by atoms with Crippen molar-refractivity contribution >= 4 is 5.91 Å². The maximum Gasteiger partial charge on any atom is 0.241 e. The Labute approximate surface area is 196 Å². The molecule has 1 aliphatic rings. The van der Waals surface area contributed by atoms with Crippen molar-refractivity contribution in [3.05, 3.63) is 70.6 Å². The van der Waals surface area contributed by atoms with Crippen LogP contribution in [-0.4, -0.2) is 34.0 Å². The van der Waals surface area contributed by atoms with Crippen molar-refractivity contribution in [2.24, 2.45) is 5.92 Å². The number of carbonyl (C=O) groups excluding carboxylic acids is 1. The molecule has 1 amide bonds. The first-order valence-electron chi connectivity index (χ1n) is 11.9. The first-order valence-corrected chi connectivity index (χ1v) is 11.9. The highest BCUT2D eigenvalue weighted by Gasteiger charge is 2.28. The molecule has 1 aliphatic heterocycles. The zero-order valence-corrected chi connectivity index (χ0v) is 20.1. The molecule has 2 heterocycles. The Morgan fingerprint density at radius 3 is 2.79 bits per heavy atom. The second-order valence-corrected chi connectivity index (χ2v) is 9.27. The summed E-state index contributed by atoms with van der Waals surface area (Å²) in [5.41, 5.74) is 5.83. The highest BCUT2D eigenvalue weighted by Crippen LogP contribution is 2.24. The molecule has 0 saturated carbocycles. The summed E-state index contributed by atoms with van der Waals surface area (Å²) < 4.78 is 5.51. The molecule has 0 bridgehead atoms. The predicted molar refractivity (Wildman–Crippen MR) is 130 cm³/mol. The van der Waals surface area contributed by atoms with Gasteiger partial charge in [0, 0.05) is 12.1 Å². The van der Waals surface area contributed by atoms with E-state index in [1.807, 2.05) is 25.1 Å². The van der Waals surface area contributed by atoms with Crippen LogP contribution in [0.2, 0.25) is 0 Å². The highest BCUT2D eigenvalue weighted by molar-refractivity contribution is 5.79. The number of hydrogen-bond donors (Lipinski definition) is 1. The van der Waals surface area contributed by atoms with Crippen molar-refractivity contribution in [1.82, 2.24) is 20.4 Å². The van der Waals surface area contributed by atoms with Crippen LogP contribution in [0.25, 0.3) is 11.4 Å². The van der Waals surface area contributed by atoms with Gasteiger partial charge in [0.25, 0.3) is 0 Å². The summed E-state index contributed by atoms with van der Waals surface area (Å²) in [4.78, 5) is 20.0. The number of nitrogens with zero attached hydrogens (tertiary/aromatic N) is 3. The van der Waals surface area contributed by atoms with Gasteiger partial charge in [0.05, 0.1) is 18.5 Å². The number of rotatable bonds is 7. The molecule has 2 unspecified atom stereocenters. The molecular formula is C27H34N4O2. The Kier molecular flexibility index (Phi) is 7.23. The Hall–Kier alpha value is -2.99. The number of aryl methyl sites for hydroxylation is 3. The molecule has 2 aromatic carbocycles. The minimum Gasteiger partial charge on any atom is -0.349 e. The Bertz CT molecular complexity index is 1110. The number of piperidine rings is 1. The van der Waals surface area contributed by atoms with Gasteiger partial charge in [0.1, 0.15) is 0 Å². The van der Waals surface area contributed by atoms with Crippen molar-refractivity contribution in [3.63, 3.8) is 0 Å². The first-order chi connectivity index (χ1) is 15.9.